The van der Waals surface area contributed by atoms with Crippen LogP contribution in [0.25, 0.3) is 0 Å². The zero-order chi connectivity index (χ0) is 14.8. The predicted molar refractivity (Wildman–Crippen MR) is 73.3 cm³/mol. The van der Waals surface area contributed by atoms with Gasteiger partial charge in [-0.1, -0.05) is 0 Å². The second-order valence-electron chi connectivity index (χ2n) is 4.24. The van der Waals surface area contributed by atoms with Gasteiger partial charge < -0.3 is 9.67 Å². The first-order valence-electron chi connectivity index (χ1n) is 5.68. The summed E-state index contributed by atoms with van der Waals surface area (Å²) < 4.78 is 28.4. The summed E-state index contributed by atoms with van der Waals surface area (Å²) in [5.74, 6) is -1.14. The fourth-order valence-electron chi connectivity index (χ4n) is 1.64. The van der Waals surface area contributed by atoms with Crippen LogP contribution in [0.3, 0.4) is 0 Å². The van der Waals surface area contributed by atoms with E-state index in [-0.39, 0.29) is 15.8 Å². The van der Waals surface area contributed by atoms with E-state index in [1.807, 2.05) is 0 Å². The van der Waals surface area contributed by atoms with Crippen molar-refractivity contribution in [1.29, 1.82) is 0 Å². The van der Waals surface area contributed by atoms with Gasteiger partial charge >= 0.3 is 5.97 Å². The largest absolute Gasteiger partial charge is 0.478 e. The van der Waals surface area contributed by atoms with Gasteiger partial charge in [-0.25, -0.2) is 22.9 Å². The fourth-order valence-corrected chi connectivity index (χ4v) is 4.05. The smallest absolute Gasteiger partial charge is 0.336 e. The second kappa shape index (κ2) is 5.73. The summed E-state index contributed by atoms with van der Waals surface area (Å²) >= 11 is 0.884. The number of rotatable bonds is 6. The Morgan fingerprint density at radius 3 is 2.90 bits per heavy atom. The van der Waals surface area contributed by atoms with E-state index in [9.17, 15) is 13.2 Å². The zero-order valence-corrected chi connectivity index (χ0v) is 12.2. The molecule has 2 heterocycles. The minimum Gasteiger partial charge on any atom is -0.478 e. The zero-order valence-electron chi connectivity index (χ0n) is 10.6. The number of thiophene rings is 1. The maximum Gasteiger partial charge on any atom is 0.336 e. The van der Waals surface area contributed by atoms with Crippen molar-refractivity contribution < 1.29 is 18.3 Å². The van der Waals surface area contributed by atoms with Crippen molar-refractivity contribution in [2.24, 2.45) is 0 Å². The Morgan fingerprint density at radius 2 is 2.35 bits per heavy atom. The molecule has 0 aliphatic heterocycles. The first-order valence-corrected chi connectivity index (χ1v) is 8.04. The number of aromatic nitrogens is 2. The van der Waals surface area contributed by atoms with Crippen molar-refractivity contribution in [2.45, 2.75) is 23.7 Å². The van der Waals surface area contributed by atoms with Crippen LogP contribution in [0.5, 0.6) is 0 Å². The molecule has 0 radical (unpaired) electrons. The van der Waals surface area contributed by atoms with Crippen LogP contribution in [0.4, 0.5) is 0 Å². The molecule has 20 heavy (non-hydrogen) atoms. The molecule has 0 spiro atoms. The number of nitrogens with zero attached hydrogens (tertiary/aromatic N) is 2. The van der Waals surface area contributed by atoms with E-state index in [0.717, 1.165) is 17.4 Å². The minimum atomic E-state index is -3.70. The molecule has 2 rings (SSSR count). The van der Waals surface area contributed by atoms with E-state index >= 15 is 0 Å². The van der Waals surface area contributed by atoms with Crippen LogP contribution >= 0.6 is 11.3 Å². The van der Waals surface area contributed by atoms with Gasteiger partial charge in [-0.2, -0.15) is 0 Å². The molecule has 2 N–H and O–H groups in total. The average molecular weight is 315 g/mol. The highest BCUT2D eigenvalue weighted by Crippen LogP contribution is 2.20. The summed E-state index contributed by atoms with van der Waals surface area (Å²) in [6.45, 7) is 2.17. The first kappa shape index (κ1) is 14.7. The first-order chi connectivity index (χ1) is 9.38. The van der Waals surface area contributed by atoms with Crippen molar-refractivity contribution in [3.05, 3.63) is 35.7 Å². The predicted octanol–water partition coefficient (Wildman–Crippen LogP) is 1.01. The third-order valence-corrected chi connectivity index (χ3v) is 5.52. The lowest BCUT2D eigenvalue weighted by molar-refractivity contribution is 0.0697. The molecule has 1 unspecified atom stereocenters. The van der Waals surface area contributed by atoms with Gasteiger partial charge in [0.25, 0.3) is 0 Å². The van der Waals surface area contributed by atoms with E-state index in [1.54, 1.807) is 30.2 Å². The molecule has 108 valence electrons. The SMILES string of the molecule is CC(Cn1ccnc1)NS(=O)(=O)c1cc(C(=O)O)cs1. The molecule has 0 saturated carbocycles. The molecule has 1 atom stereocenters. The number of imidazole rings is 1. The molecule has 0 aromatic carbocycles. The van der Waals surface area contributed by atoms with Crippen molar-refractivity contribution in [3.63, 3.8) is 0 Å². The molecule has 7 nitrogen and oxygen atoms in total. The highest BCUT2D eigenvalue weighted by atomic mass is 32.2. The summed E-state index contributed by atoms with van der Waals surface area (Å²) in [4.78, 5) is 14.6. The lowest BCUT2D eigenvalue weighted by Crippen LogP contribution is -2.35. The highest BCUT2D eigenvalue weighted by molar-refractivity contribution is 7.91. The molecule has 9 heteroatoms. The van der Waals surface area contributed by atoms with Crippen LogP contribution in [0.2, 0.25) is 0 Å². The van der Waals surface area contributed by atoms with Crippen molar-refractivity contribution in [2.75, 3.05) is 0 Å². The Bertz CT molecular complexity index is 691. The van der Waals surface area contributed by atoms with Gasteiger partial charge in [0.1, 0.15) is 4.21 Å². The molecular weight excluding hydrogens is 302 g/mol. The number of hydrogen-bond acceptors (Lipinski definition) is 5. The Kier molecular flexibility index (Phi) is 4.21. The number of aromatic carboxylic acids is 1. The number of carboxylic acid groups (broad SMARTS) is 1. The Morgan fingerprint density at radius 1 is 1.60 bits per heavy atom. The van der Waals surface area contributed by atoms with E-state index in [4.69, 9.17) is 5.11 Å². The van der Waals surface area contributed by atoms with Gasteiger partial charge in [-0.15, -0.1) is 11.3 Å². The lowest BCUT2D eigenvalue weighted by atomic mass is 10.4. The Labute approximate surface area is 119 Å². The number of carbonyl (C=O) groups is 1. The van der Waals surface area contributed by atoms with Gasteiger partial charge in [0, 0.05) is 30.4 Å². The quantitative estimate of drug-likeness (QED) is 0.828. The molecule has 0 aliphatic rings. The topological polar surface area (TPSA) is 101 Å². The molecule has 2 aromatic rings. The normalized spacial score (nSPS) is 13.2. The third kappa shape index (κ3) is 3.44. The summed E-state index contributed by atoms with van der Waals surface area (Å²) in [5, 5.41) is 10.1. The number of carboxylic acids is 1. The number of nitrogens with one attached hydrogen (secondary N) is 1. The Balaban J connectivity index is 2.08. The minimum absolute atomic E-state index is 0.00705. The van der Waals surface area contributed by atoms with Crippen LogP contribution in [0, 0.1) is 0 Å². The number of hydrogen-bond donors (Lipinski definition) is 2. The molecule has 2 aromatic heterocycles. The van der Waals surface area contributed by atoms with Gasteiger partial charge in [0.2, 0.25) is 10.0 Å². The van der Waals surface area contributed by atoms with Crippen LogP contribution in [-0.2, 0) is 16.6 Å². The van der Waals surface area contributed by atoms with Crippen molar-refractivity contribution in [1.82, 2.24) is 14.3 Å². The van der Waals surface area contributed by atoms with Gasteiger partial charge in [0.05, 0.1) is 11.9 Å². The molecule has 0 bridgehead atoms. The molecule has 0 aliphatic carbocycles. The van der Waals surface area contributed by atoms with E-state index < -0.39 is 16.0 Å². The van der Waals surface area contributed by atoms with Crippen LogP contribution < -0.4 is 4.72 Å². The molecule has 0 fully saturated rings. The fraction of sp³-hybridized carbons (Fsp3) is 0.273. The van der Waals surface area contributed by atoms with E-state index in [2.05, 4.69) is 9.71 Å². The van der Waals surface area contributed by atoms with Crippen LogP contribution in [0.15, 0.2) is 34.4 Å². The monoisotopic (exact) mass is 315 g/mol. The van der Waals surface area contributed by atoms with E-state index in [1.165, 1.54) is 5.38 Å². The summed E-state index contributed by atoms with van der Waals surface area (Å²) in [6.07, 6.45) is 4.94. The molecule has 0 amide bonds. The van der Waals surface area contributed by atoms with Crippen LogP contribution in [-0.4, -0.2) is 35.1 Å². The van der Waals surface area contributed by atoms with E-state index in [0.29, 0.717) is 6.54 Å². The average Bonchev–Trinajstić information content (AvgIpc) is 2.97. The Hall–Kier alpha value is -1.71. The molecular formula is C11H13N3O4S2. The third-order valence-electron chi connectivity index (χ3n) is 2.49. The number of sulfonamides is 1. The summed E-state index contributed by atoms with van der Waals surface area (Å²) in [7, 11) is -3.70. The highest BCUT2D eigenvalue weighted by Gasteiger charge is 2.21. The van der Waals surface area contributed by atoms with Gasteiger partial charge in [0.15, 0.2) is 0 Å². The van der Waals surface area contributed by atoms with Gasteiger partial charge in [-0.3, -0.25) is 0 Å². The maximum atomic E-state index is 12.1. The van der Waals surface area contributed by atoms with Crippen molar-refractivity contribution in [3.8, 4) is 0 Å². The standard InChI is InChI=1S/C11H13N3O4S2/c1-8(5-14-3-2-12-7-14)13-20(17,18)10-4-9(6-19-10)11(15)16/h2-4,6-8,13H,5H2,1H3,(H,15,16). The summed E-state index contributed by atoms with van der Waals surface area (Å²) in [5.41, 5.74) is -0.0300. The molecule has 0 saturated heterocycles. The maximum absolute atomic E-state index is 12.1. The van der Waals surface area contributed by atoms with Gasteiger partial charge in [-0.05, 0) is 13.0 Å². The van der Waals surface area contributed by atoms with Crippen molar-refractivity contribution >= 4 is 27.3 Å². The lowest BCUT2D eigenvalue weighted by Gasteiger charge is -2.13. The second-order valence-corrected chi connectivity index (χ2v) is 7.09. The summed E-state index contributed by atoms with van der Waals surface area (Å²) in [6, 6.07) is 0.809. The van der Waals surface area contributed by atoms with Crippen LogP contribution in [0.1, 0.15) is 17.3 Å².